The number of hydrogen-bond donors (Lipinski definition) is 1. The number of hydrogen-bond acceptors (Lipinski definition) is 4. The lowest BCUT2D eigenvalue weighted by Crippen LogP contribution is -2.14. The normalized spacial score (nSPS) is 11.3. The molecule has 0 unspecified atom stereocenters. The second kappa shape index (κ2) is 9.06. The maximum absolute atomic E-state index is 12.9. The molecule has 158 valence electrons. The molecule has 0 bridgehead atoms. The van der Waals surface area contributed by atoms with Crippen LogP contribution in [-0.2, 0) is 11.3 Å². The van der Waals surface area contributed by atoms with Crippen LogP contribution in [0.5, 0.6) is 0 Å². The molecule has 0 saturated heterocycles. The predicted molar refractivity (Wildman–Crippen MR) is 123 cm³/mol. The molecule has 6 nitrogen and oxygen atoms in total. The predicted octanol–water partition coefficient (Wildman–Crippen LogP) is 5.90. The molecular weight excluding hydrogens is 435 g/mol. The number of nitrogens with zero attached hydrogens (tertiary/aromatic N) is 3. The average Bonchev–Trinajstić information content (AvgIpc) is 3.26. The lowest BCUT2D eigenvalue weighted by Gasteiger charge is -2.16. The number of carbonyl (C=O) groups excluding carboxylic acids is 1. The van der Waals surface area contributed by atoms with E-state index in [2.05, 4.69) is 15.4 Å². The highest BCUT2D eigenvalue weighted by Crippen LogP contribution is 2.31. The van der Waals surface area contributed by atoms with Crippen molar-refractivity contribution < 1.29 is 9.53 Å². The van der Waals surface area contributed by atoms with Gasteiger partial charge in [-0.1, -0.05) is 41.4 Å². The van der Waals surface area contributed by atoms with E-state index in [1.54, 1.807) is 41.3 Å². The Bertz CT molecular complexity index is 1220. The minimum Gasteiger partial charge on any atom is -0.374 e. The molecule has 0 aliphatic carbocycles. The molecule has 0 aliphatic heterocycles. The van der Waals surface area contributed by atoms with Crippen LogP contribution < -0.4 is 5.32 Å². The van der Waals surface area contributed by atoms with Crippen LogP contribution in [-0.4, -0.2) is 26.8 Å². The molecule has 2 aromatic carbocycles. The van der Waals surface area contributed by atoms with Gasteiger partial charge in [-0.05, 0) is 38.1 Å². The molecule has 4 aromatic rings. The highest BCUT2D eigenvalue weighted by atomic mass is 35.5. The number of fused-ring (bicyclic) bond motifs is 1. The van der Waals surface area contributed by atoms with Crippen LogP contribution in [0, 0.1) is 0 Å². The van der Waals surface area contributed by atoms with E-state index in [0.29, 0.717) is 17.8 Å². The van der Waals surface area contributed by atoms with Gasteiger partial charge >= 0.3 is 0 Å². The van der Waals surface area contributed by atoms with Crippen molar-refractivity contribution in [2.75, 3.05) is 5.32 Å². The van der Waals surface area contributed by atoms with Crippen molar-refractivity contribution in [2.24, 2.45) is 0 Å². The number of anilines is 1. The van der Waals surface area contributed by atoms with E-state index < -0.39 is 5.91 Å². The topological polar surface area (TPSA) is 69.0 Å². The summed E-state index contributed by atoms with van der Waals surface area (Å²) in [4.78, 5) is 17.5. The van der Waals surface area contributed by atoms with Crippen LogP contribution in [0.25, 0.3) is 16.6 Å². The number of halogens is 2. The molecule has 0 radical (unpaired) electrons. The van der Waals surface area contributed by atoms with E-state index in [4.69, 9.17) is 27.9 Å². The monoisotopic (exact) mass is 454 g/mol. The maximum atomic E-state index is 12.9. The van der Waals surface area contributed by atoms with Crippen molar-refractivity contribution in [3.8, 4) is 5.69 Å². The van der Waals surface area contributed by atoms with Gasteiger partial charge in [0, 0.05) is 29.5 Å². The zero-order chi connectivity index (χ0) is 22.0. The van der Waals surface area contributed by atoms with Gasteiger partial charge in [-0.3, -0.25) is 9.78 Å². The molecule has 0 atom stereocenters. The standard InChI is InChI=1S/C23H20Cl2N4O2/c1-14(2)31-13-15-12-26-21-16(22(15)29-11-5-10-27-29)6-3-9-19(21)28-23(30)20-17(24)7-4-8-18(20)25/h3-12,14H,13H2,1-2H3,(H,28,30). The van der Waals surface area contributed by atoms with Gasteiger partial charge in [-0.2, -0.15) is 5.10 Å². The van der Waals surface area contributed by atoms with E-state index in [1.165, 1.54) is 0 Å². The molecule has 1 amide bonds. The van der Waals surface area contributed by atoms with Gasteiger partial charge < -0.3 is 10.1 Å². The summed E-state index contributed by atoms with van der Waals surface area (Å²) in [5.41, 5.74) is 3.13. The third kappa shape index (κ3) is 4.42. The SMILES string of the molecule is CC(C)OCc1cnc2c(NC(=O)c3c(Cl)cccc3Cl)cccc2c1-n1cccn1. The molecule has 0 saturated carbocycles. The number of ether oxygens (including phenoxy) is 1. The Balaban J connectivity index is 1.80. The van der Waals surface area contributed by atoms with Crippen LogP contribution in [0.2, 0.25) is 10.0 Å². The summed E-state index contributed by atoms with van der Waals surface area (Å²) in [7, 11) is 0. The summed E-state index contributed by atoms with van der Waals surface area (Å²) in [6.07, 6.45) is 5.40. The molecule has 2 aromatic heterocycles. The number of nitrogens with one attached hydrogen (secondary N) is 1. The van der Waals surface area contributed by atoms with Gasteiger partial charge in [-0.15, -0.1) is 0 Å². The smallest absolute Gasteiger partial charge is 0.258 e. The fraction of sp³-hybridized carbons (Fsp3) is 0.174. The minimum atomic E-state index is -0.405. The largest absolute Gasteiger partial charge is 0.374 e. The summed E-state index contributed by atoms with van der Waals surface area (Å²) >= 11 is 12.4. The number of aromatic nitrogens is 3. The zero-order valence-electron chi connectivity index (χ0n) is 17.0. The first kappa shape index (κ1) is 21.3. The van der Waals surface area contributed by atoms with Crippen molar-refractivity contribution in [1.82, 2.24) is 14.8 Å². The van der Waals surface area contributed by atoms with Gasteiger partial charge in [0.05, 0.1) is 45.2 Å². The summed E-state index contributed by atoms with van der Waals surface area (Å²) < 4.78 is 7.59. The second-order valence-electron chi connectivity index (χ2n) is 7.19. The Kier molecular flexibility index (Phi) is 6.23. The van der Waals surface area contributed by atoms with Crippen molar-refractivity contribution in [3.05, 3.63) is 82.2 Å². The van der Waals surface area contributed by atoms with Crippen LogP contribution in [0.15, 0.2) is 61.1 Å². The zero-order valence-corrected chi connectivity index (χ0v) is 18.5. The lowest BCUT2D eigenvalue weighted by atomic mass is 10.1. The summed E-state index contributed by atoms with van der Waals surface area (Å²) in [6, 6.07) is 12.4. The first-order valence-corrected chi connectivity index (χ1v) is 10.5. The quantitative estimate of drug-likeness (QED) is 0.393. The van der Waals surface area contributed by atoms with Crippen LogP contribution in [0.1, 0.15) is 29.8 Å². The fourth-order valence-electron chi connectivity index (χ4n) is 3.28. The molecule has 0 aliphatic rings. The number of para-hydroxylation sites is 1. The first-order chi connectivity index (χ1) is 15.0. The van der Waals surface area contributed by atoms with E-state index >= 15 is 0 Å². The number of benzene rings is 2. The summed E-state index contributed by atoms with van der Waals surface area (Å²) in [6.45, 7) is 4.35. The third-order valence-corrected chi connectivity index (χ3v) is 5.32. The van der Waals surface area contributed by atoms with Crippen LogP contribution >= 0.6 is 23.2 Å². The average molecular weight is 455 g/mol. The van der Waals surface area contributed by atoms with Gasteiger partial charge in [0.1, 0.15) is 0 Å². The highest BCUT2D eigenvalue weighted by molar-refractivity contribution is 6.40. The number of carbonyl (C=O) groups is 1. The summed E-state index contributed by atoms with van der Waals surface area (Å²) in [5.74, 6) is -0.405. The Morgan fingerprint density at radius 2 is 1.87 bits per heavy atom. The van der Waals surface area contributed by atoms with Crippen LogP contribution in [0.3, 0.4) is 0 Å². The minimum absolute atomic E-state index is 0.0761. The van der Waals surface area contributed by atoms with Gasteiger partial charge in [0.15, 0.2) is 0 Å². The number of amides is 1. The van der Waals surface area contributed by atoms with E-state index in [1.807, 2.05) is 38.2 Å². The Hall–Kier alpha value is -2.93. The third-order valence-electron chi connectivity index (χ3n) is 4.69. The Labute approximate surface area is 189 Å². The maximum Gasteiger partial charge on any atom is 0.258 e. The Morgan fingerprint density at radius 1 is 1.13 bits per heavy atom. The molecule has 0 fully saturated rings. The first-order valence-electron chi connectivity index (χ1n) is 9.73. The van der Waals surface area contributed by atoms with E-state index in [-0.39, 0.29) is 21.7 Å². The molecular formula is C23H20Cl2N4O2. The number of rotatable bonds is 6. The number of pyridine rings is 1. The van der Waals surface area contributed by atoms with Crippen molar-refractivity contribution in [2.45, 2.75) is 26.6 Å². The highest BCUT2D eigenvalue weighted by Gasteiger charge is 2.18. The van der Waals surface area contributed by atoms with E-state index in [0.717, 1.165) is 16.6 Å². The van der Waals surface area contributed by atoms with E-state index in [9.17, 15) is 4.79 Å². The van der Waals surface area contributed by atoms with Crippen molar-refractivity contribution >= 4 is 45.7 Å². The second-order valence-corrected chi connectivity index (χ2v) is 8.01. The van der Waals surface area contributed by atoms with Gasteiger partial charge in [0.25, 0.3) is 5.91 Å². The van der Waals surface area contributed by atoms with Crippen molar-refractivity contribution in [1.29, 1.82) is 0 Å². The Morgan fingerprint density at radius 3 is 2.55 bits per heavy atom. The van der Waals surface area contributed by atoms with Crippen molar-refractivity contribution in [3.63, 3.8) is 0 Å². The molecule has 0 spiro atoms. The molecule has 2 heterocycles. The van der Waals surface area contributed by atoms with Gasteiger partial charge in [0.2, 0.25) is 0 Å². The van der Waals surface area contributed by atoms with Gasteiger partial charge in [-0.25, -0.2) is 4.68 Å². The lowest BCUT2D eigenvalue weighted by molar-refractivity contribution is 0.0655. The molecule has 1 N–H and O–H groups in total. The molecule has 8 heteroatoms. The summed E-state index contributed by atoms with van der Waals surface area (Å²) in [5, 5.41) is 8.68. The molecule has 31 heavy (non-hydrogen) atoms. The molecule has 4 rings (SSSR count). The fourth-order valence-corrected chi connectivity index (χ4v) is 3.85. The van der Waals surface area contributed by atoms with Crippen LogP contribution in [0.4, 0.5) is 5.69 Å².